The molecular weight excluding hydrogens is 229 g/mol. The Morgan fingerprint density at radius 1 is 1.11 bits per heavy atom. The van der Waals surface area contributed by atoms with Crippen molar-refractivity contribution >= 4 is 18.5 Å². The van der Waals surface area contributed by atoms with Crippen molar-refractivity contribution < 1.29 is 9.31 Å². The van der Waals surface area contributed by atoms with Crippen LogP contribution in [-0.2, 0) is 9.31 Å². The molecule has 0 atom stereocenters. The first-order chi connectivity index (χ1) is 8.41. The van der Waals surface area contributed by atoms with E-state index < -0.39 is 7.12 Å². The largest absolute Gasteiger partial charge is 0.514 e. The second-order valence-electron chi connectivity index (χ2n) is 5.56. The standard InChI is InChI=1S/C12H16BN3O2/c1-11(2)12(3,4)18-13(17-11)9-8-15-10-14-6-5-7-16(9)10/h5-8H,1-4H3. The summed E-state index contributed by atoms with van der Waals surface area (Å²) in [4.78, 5) is 8.44. The minimum atomic E-state index is -0.408. The zero-order valence-corrected chi connectivity index (χ0v) is 11.0. The van der Waals surface area contributed by atoms with Gasteiger partial charge in [0.05, 0.1) is 16.8 Å². The van der Waals surface area contributed by atoms with Crippen LogP contribution >= 0.6 is 0 Å². The number of imidazole rings is 1. The van der Waals surface area contributed by atoms with Gasteiger partial charge >= 0.3 is 7.12 Å². The van der Waals surface area contributed by atoms with Crippen LogP contribution in [0.3, 0.4) is 0 Å². The number of nitrogens with zero attached hydrogens (tertiary/aromatic N) is 3. The van der Waals surface area contributed by atoms with E-state index in [9.17, 15) is 0 Å². The number of rotatable bonds is 1. The lowest BCUT2D eigenvalue weighted by molar-refractivity contribution is 0.00578. The predicted molar refractivity (Wildman–Crippen MR) is 68.7 cm³/mol. The van der Waals surface area contributed by atoms with Crippen LogP contribution in [0.4, 0.5) is 0 Å². The van der Waals surface area contributed by atoms with Crippen molar-refractivity contribution in [1.29, 1.82) is 0 Å². The van der Waals surface area contributed by atoms with Gasteiger partial charge in [0, 0.05) is 18.6 Å². The lowest BCUT2D eigenvalue weighted by Gasteiger charge is -2.32. The Morgan fingerprint density at radius 3 is 2.44 bits per heavy atom. The molecule has 0 aliphatic carbocycles. The highest BCUT2D eigenvalue weighted by Crippen LogP contribution is 2.36. The highest BCUT2D eigenvalue weighted by molar-refractivity contribution is 6.61. The highest BCUT2D eigenvalue weighted by atomic mass is 16.7. The summed E-state index contributed by atoms with van der Waals surface area (Å²) in [5.74, 6) is 0.655. The summed E-state index contributed by atoms with van der Waals surface area (Å²) in [5.41, 5.74) is 0.186. The van der Waals surface area contributed by atoms with Gasteiger partial charge in [0.2, 0.25) is 5.78 Å². The lowest BCUT2D eigenvalue weighted by Crippen LogP contribution is -2.41. The minimum absolute atomic E-state index is 0.343. The highest BCUT2D eigenvalue weighted by Gasteiger charge is 2.52. The molecule has 0 aromatic carbocycles. The third kappa shape index (κ3) is 1.56. The van der Waals surface area contributed by atoms with E-state index in [2.05, 4.69) is 9.97 Å². The summed E-state index contributed by atoms with van der Waals surface area (Å²) in [7, 11) is -0.408. The van der Waals surface area contributed by atoms with E-state index >= 15 is 0 Å². The van der Waals surface area contributed by atoms with Gasteiger partial charge < -0.3 is 9.31 Å². The summed E-state index contributed by atoms with van der Waals surface area (Å²) in [6.07, 6.45) is 5.39. The van der Waals surface area contributed by atoms with Crippen LogP contribution in [0.15, 0.2) is 24.7 Å². The fraction of sp³-hybridized carbons (Fsp3) is 0.500. The Balaban J connectivity index is 2.03. The number of hydrogen-bond donors (Lipinski definition) is 0. The maximum atomic E-state index is 6.01. The minimum Gasteiger partial charge on any atom is -0.398 e. The van der Waals surface area contributed by atoms with E-state index in [1.807, 2.05) is 44.4 Å². The topological polar surface area (TPSA) is 48.7 Å². The SMILES string of the molecule is CC1(C)OB(c2cnc3ncccn23)OC1(C)C. The van der Waals surface area contributed by atoms with Crippen molar-refractivity contribution in [2.75, 3.05) is 0 Å². The van der Waals surface area contributed by atoms with Gasteiger partial charge in [-0.3, -0.25) is 4.40 Å². The van der Waals surface area contributed by atoms with Crippen LogP contribution in [0.1, 0.15) is 27.7 Å². The van der Waals surface area contributed by atoms with Crippen LogP contribution < -0.4 is 5.59 Å². The van der Waals surface area contributed by atoms with Gasteiger partial charge in [-0.15, -0.1) is 0 Å². The van der Waals surface area contributed by atoms with E-state index in [1.54, 1.807) is 12.4 Å². The summed E-state index contributed by atoms with van der Waals surface area (Å²) < 4.78 is 13.9. The first-order valence-corrected chi connectivity index (χ1v) is 6.04. The molecule has 0 amide bonds. The summed E-state index contributed by atoms with van der Waals surface area (Å²) in [5, 5.41) is 0. The average molecular weight is 245 g/mol. The van der Waals surface area contributed by atoms with Gasteiger partial charge in [0.25, 0.3) is 0 Å². The van der Waals surface area contributed by atoms with Gasteiger partial charge in [-0.2, -0.15) is 0 Å². The Bertz CT molecular complexity index is 578. The van der Waals surface area contributed by atoms with E-state index in [0.29, 0.717) is 5.78 Å². The Hall–Kier alpha value is -1.40. The van der Waals surface area contributed by atoms with Gasteiger partial charge in [-0.05, 0) is 33.8 Å². The third-order valence-electron chi connectivity index (χ3n) is 3.81. The molecule has 1 aliphatic heterocycles. The van der Waals surface area contributed by atoms with E-state index in [0.717, 1.165) is 5.59 Å². The van der Waals surface area contributed by atoms with Gasteiger partial charge in [0.1, 0.15) is 0 Å². The summed E-state index contributed by atoms with van der Waals surface area (Å²) in [6.45, 7) is 8.14. The van der Waals surface area contributed by atoms with Crippen LogP contribution in [0.25, 0.3) is 5.78 Å². The van der Waals surface area contributed by atoms with Crippen molar-refractivity contribution in [1.82, 2.24) is 14.4 Å². The Kier molecular flexibility index (Phi) is 2.31. The monoisotopic (exact) mass is 245 g/mol. The lowest BCUT2D eigenvalue weighted by atomic mass is 9.85. The molecule has 2 aromatic heterocycles. The van der Waals surface area contributed by atoms with E-state index in [4.69, 9.17) is 9.31 Å². The molecule has 0 radical (unpaired) electrons. The summed E-state index contributed by atoms with van der Waals surface area (Å²) >= 11 is 0. The van der Waals surface area contributed by atoms with Crippen molar-refractivity contribution in [3.05, 3.63) is 24.7 Å². The van der Waals surface area contributed by atoms with Crippen LogP contribution in [0, 0.1) is 0 Å². The molecule has 5 nitrogen and oxygen atoms in total. The first-order valence-electron chi connectivity index (χ1n) is 6.04. The van der Waals surface area contributed by atoms with Crippen molar-refractivity contribution in [3.8, 4) is 0 Å². The molecule has 0 N–H and O–H groups in total. The first kappa shape index (κ1) is 11.7. The van der Waals surface area contributed by atoms with Gasteiger partial charge in [-0.25, -0.2) is 9.97 Å². The smallest absolute Gasteiger partial charge is 0.398 e. The van der Waals surface area contributed by atoms with Crippen molar-refractivity contribution in [2.45, 2.75) is 38.9 Å². The molecule has 0 saturated carbocycles. The molecule has 1 saturated heterocycles. The second-order valence-corrected chi connectivity index (χ2v) is 5.56. The fourth-order valence-electron chi connectivity index (χ4n) is 1.98. The molecule has 94 valence electrons. The molecule has 3 heterocycles. The van der Waals surface area contributed by atoms with E-state index in [1.165, 1.54) is 0 Å². The van der Waals surface area contributed by atoms with Crippen LogP contribution in [-0.4, -0.2) is 32.7 Å². The zero-order valence-electron chi connectivity index (χ0n) is 11.0. The Labute approximate surface area is 106 Å². The molecule has 2 aromatic rings. The molecule has 6 heteroatoms. The van der Waals surface area contributed by atoms with Crippen LogP contribution in [0.5, 0.6) is 0 Å². The zero-order chi connectivity index (χ0) is 13.0. The molecule has 1 fully saturated rings. The molecule has 3 rings (SSSR count). The number of aromatic nitrogens is 3. The Morgan fingerprint density at radius 2 is 1.78 bits per heavy atom. The maximum Gasteiger partial charge on any atom is 0.514 e. The normalized spacial score (nSPS) is 21.7. The van der Waals surface area contributed by atoms with Crippen molar-refractivity contribution in [3.63, 3.8) is 0 Å². The number of fused-ring (bicyclic) bond motifs is 1. The molecule has 0 spiro atoms. The van der Waals surface area contributed by atoms with Crippen LogP contribution in [0.2, 0.25) is 0 Å². The van der Waals surface area contributed by atoms with E-state index in [-0.39, 0.29) is 11.2 Å². The molecule has 0 unspecified atom stereocenters. The molecule has 0 bridgehead atoms. The molecule has 18 heavy (non-hydrogen) atoms. The fourth-order valence-corrected chi connectivity index (χ4v) is 1.98. The predicted octanol–water partition coefficient (Wildman–Crippen LogP) is 1.03. The third-order valence-corrected chi connectivity index (χ3v) is 3.81. The molecule has 1 aliphatic rings. The second kappa shape index (κ2) is 3.55. The maximum absolute atomic E-state index is 6.01. The quantitative estimate of drug-likeness (QED) is 0.704. The number of hydrogen-bond acceptors (Lipinski definition) is 4. The summed E-state index contributed by atoms with van der Waals surface area (Å²) in [6, 6.07) is 1.86. The molecular formula is C12H16BN3O2. The average Bonchev–Trinajstić information content (AvgIpc) is 2.78. The van der Waals surface area contributed by atoms with Gasteiger partial charge in [-0.1, -0.05) is 0 Å². The van der Waals surface area contributed by atoms with Gasteiger partial charge in [0.15, 0.2) is 0 Å². The van der Waals surface area contributed by atoms with Crippen molar-refractivity contribution in [2.24, 2.45) is 0 Å².